The molecular formula is C12H26N2O. The second-order valence-corrected chi connectivity index (χ2v) is 5.26. The molecule has 0 bridgehead atoms. The standard InChI is InChI=1S/C12H26N2O/c1-12(2,3)8-6-7-11(15)14-10-5-4-9-13/h4-10,13H2,1-3H3,(H,14,15). The first-order chi connectivity index (χ1) is 6.95. The lowest BCUT2D eigenvalue weighted by atomic mass is 9.90. The minimum absolute atomic E-state index is 0.177. The van der Waals surface area contributed by atoms with Gasteiger partial charge in [0, 0.05) is 13.0 Å². The summed E-state index contributed by atoms with van der Waals surface area (Å²) >= 11 is 0. The average Bonchev–Trinajstić information content (AvgIpc) is 2.10. The number of nitrogens with one attached hydrogen (secondary N) is 1. The summed E-state index contributed by atoms with van der Waals surface area (Å²) in [5, 5.41) is 2.91. The highest BCUT2D eigenvalue weighted by Crippen LogP contribution is 2.21. The van der Waals surface area contributed by atoms with Crippen molar-refractivity contribution in [3.8, 4) is 0 Å². The van der Waals surface area contributed by atoms with Crippen LogP contribution in [-0.4, -0.2) is 19.0 Å². The van der Waals surface area contributed by atoms with E-state index in [-0.39, 0.29) is 5.91 Å². The van der Waals surface area contributed by atoms with Crippen LogP contribution < -0.4 is 11.1 Å². The molecule has 0 rings (SSSR count). The van der Waals surface area contributed by atoms with Gasteiger partial charge >= 0.3 is 0 Å². The summed E-state index contributed by atoms with van der Waals surface area (Å²) in [6.45, 7) is 8.08. The topological polar surface area (TPSA) is 55.1 Å². The Hall–Kier alpha value is -0.570. The second-order valence-electron chi connectivity index (χ2n) is 5.26. The van der Waals surface area contributed by atoms with Crippen LogP contribution in [0.25, 0.3) is 0 Å². The molecule has 0 unspecified atom stereocenters. The molecule has 0 aromatic heterocycles. The molecule has 0 spiro atoms. The van der Waals surface area contributed by atoms with Gasteiger partial charge in [-0.25, -0.2) is 0 Å². The van der Waals surface area contributed by atoms with E-state index in [1.54, 1.807) is 0 Å². The summed E-state index contributed by atoms with van der Waals surface area (Å²) in [6.07, 6.45) is 4.71. The SMILES string of the molecule is CC(C)(C)CCCC(=O)NCCCCN. The van der Waals surface area contributed by atoms with Crippen molar-refractivity contribution < 1.29 is 4.79 Å². The van der Waals surface area contributed by atoms with Gasteiger partial charge in [0.15, 0.2) is 0 Å². The van der Waals surface area contributed by atoms with Gasteiger partial charge < -0.3 is 11.1 Å². The lowest BCUT2D eigenvalue weighted by Gasteiger charge is -2.17. The molecule has 0 aromatic carbocycles. The number of carbonyl (C=O) groups excluding carboxylic acids is 1. The van der Waals surface area contributed by atoms with Crippen LogP contribution in [0, 0.1) is 5.41 Å². The fourth-order valence-electron chi connectivity index (χ4n) is 1.36. The molecule has 3 heteroatoms. The van der Waals surface area contributed by atoms with Gasteiger partial charge in [-0.2, -0.15) is 0 Å². The first kappa shape index (κ1) is 14.4. The monoisotopic (exact) mass is 214 g/mol. The van der Waals surface area contributed by atoms with Crippen LogP contribution in [0.2, 0.25) is 0 Å². The Morgan fingerprint density at radius 1 is 1.20 bits per heavy atom. The van der Waals surface area contributed by atoms with E-state index in [1.807, 2.05) is 0 Å². The number of unbranched alkanes of at least 4 members (excludes halogenated alkanes) is 1. The van der Waals surface area contributed by atoms with E-state index in [0.29, 0.717) is 18.4 Å². The Labute approximate surface area is 93.8 Å². The predicted octanol–water partition coefficient (Wildman–Crippen LogP) is 2.06. The molecule has 90 valence electrons. The Bertz CT molecular complexity index is 173. The quantitative estimate of drug-likeness (QED) is 0.637. The highest BCUT2D eigenvalue weighted by Gasteiger charge is 2.10. The molecule has 3 N–H and O–H groups in total. The number of amides is 1. The van der Waals surface area contributed by atoms with Gasteiger partial charge in [0.1, 0.15) is 0 Å². The van der Waals surface area contributed by atoms with Crippen LogP contribution in [0.3, 0.4) is 0 Å². The smallest absolute Gasteiger partial charge is 0.219 e. The average molecular weight is 214 g/mol. The summed E-state index contributed by atoms with van der Waals surface area (Å²) in [7, 11) is 0. The predicted molar refractivity (Wildman–Crippen MR) is 64.6 cm³/mol. The van der Waals surface area contributed by atoms with Gasteiger partial charge in [-0.3, -0.25) is 4.79 Å². The lowest BCUT2D eigenvalue weighted by Crippen LogP contribution is -2.24. The van der Waals surface area contributed by atoms with Crippen molar-refractivity contribution in [2.45, 2.75) is 52.9 Å². The zero-order valence-corrected chi connectivity index (χ0v) is 10.4. The molecule has 0 atom stereocenters. The maximum atomic E-state index is 11.3. The molecule has 3 nitrogen and oxygen atoms in total. The molecular weight excluding hydrogens is 188 g/mol. The summed E-state index contributed by atoms with van der Waals surface area (Å²) in [5.41, 5.74) is 5.69. The third-order valence-corrected chi connectivity index (χ3v) is 2.28. The molecule has 0 aliphatic heterocycles. The van der Waals surface area contributed by atoms with E-state index in [2.05, 4.69) is 26.1 Å². The third-order valence-electron chi connectivity index (χ3n) is 2.28. The zero-order valence-electron chi connectivity index (χ0n) is 10.4. The molecule has 1 amide bonds. The van der Waals surface area contributed by atoms with E-state index >= 15 is 0 Å². The third kappa shape index (κ3) is 11.4. The van der Waals surface area contributed by atoms with E-state index in [4.69, 9.17) is 5.73 Å². The van der Waals surface area contributed by atoms with Crippen LogP contribution >= 0.6 is 0 Å². The maximum absolute atomic E-state index is 11.3. The summed E-state index contributed by atoms with van der Waals surface area (Å²) in [6, 6.07) is 0. The molecule has 0 fully saturated rings. The Balaban J connectivity index is 3.34. The molecule has 0 saturated carbocycles. The molecule has 0 aliphatic rings. The maximum Gasteiger partial charge on any atom is 0.219 e. The lowest BCUT2D eigenvalue weighted by molar-refractivity contribution is -0.121. The van der Waals surface area contributed by atoms with Crippen LogP contribution in [0.15, 0.2) is 0 Å². The molecule has 0 aliphatic carbocycles. The van der Waals surface area contributed by atoms with Gasteiger partial charge in [0.2, 0.25) is 5.91 Å². The summed E-state index contributed by atoms with van der Waals surface area (Å²) < 4.78 is 0. The van der Waals surface area contributed by atoms with Crippen molar-refractivity contribution in [3.63, 3.8) is 0 Å². The normalized spacial score (nSPS) is 11.5. The van der Waals surface area contributed by atoms with Gasteiger partial charge in [-0.1, -0.05) is 20.8 Å². The van der Waals surface area contributed by atoms with Gasteiger partial charge in [0.25, 0.3) is 0 Å². The van der Waals surface area contributed by atoms with Crippen molar-refractivity contribution in [2.24, 2.45) is 11.1 Å². The number of rotatable bonds is 7. The minimum atomic E-state index is 0.177. The summed E-state index contributed by atoms with van der Waals surface area (Å²) in [5.74, 6) is 0.177. The zero-order chi connectivity index (χ0) is 11.7. The van der Waals surface area contributed by atoms with Crippen molar-refractivity contribution in [1.29, 1.82) is 0 Å². The van der Waals surface area contributed by atoms with Crippen LogP contribution in [0.4, 0.5) is 0 Å². The van der Waals surface area contributed by atoms with Crippen LogP contribution in [0.5, 0.6) is 0 Å². The molecule has 0 saturated heterocycles. The number of nitrogens with two attached hydrogens (primary N) is 1. The Morgan fingerprint density at radius 2 is 1.87 bits per heavy atom. The van der Waals surface area contributed by atoms with Gasteiger partial charge in [-0.05, 0) is 37.6 Å². The summed E-state index contributed by atoms with van der Waals surface area (Å²) in [4.78, 5) is 11.3. The van der Waals surface area contributed by atoms with Gasteiger partial charge in [0.05, 0.1) is 0 Å². The van der Waals surface area contributed by atoms with Crippen LogP contribution in [-0.2, 0) is 4.79 Å². The van der Waals surface area contributed by atoms with E-state index < -0.39 is 0 Å². The largest absolute Gasteiger partial charge is 0.356 e. The number of carbonyl (C=O) groups is 1. The fraction of sp³-hybridized carbons (Fsp3) is 0.917. The highest BCUT2D eigenvalue weighted by atomic mass is 16.1. The molecule has 0 radical (unpaired) electrons. The van der Waals surface area contributed by atoms with Crippen LogP contribution in [0.1, 0.15) is 52.9 Å². The fourth-order valence-corrected chi connectivity index (χ4v) is 1.36. The van der Waals surface area contributed by atoms with Crippen molar-refractivity contribution in [3.05, 3.63) is 0 Å². The molecule has 0 heterocycles. The Kier molecular flexibility index (Phi) is 7.39. The Morgan fingerprint density at radius 3 is 2.40 bits per heavy atom. The van der Waals surface area contributed by atoms with Gasteiger partial charge in [-0.15, -0.1) is 0 Å². The number of hydrogen-bond acceptors (Lipinski definition) is 2. The number of hydrogen-bond donors (Lipinski definition) is 2. The molecule has 15 heavy (non-hydrogen) atoms. The first-order valence-electron chi connectivity index (χ1n) is 5.92. The van der Waals surface area contributed by atoms with E-state index in [1.165, 1.54) is 0 Å². The van der Waals surface area contributed by atoms with E-state index in [9.17, 15) is 4.79 Å². The first-order valence-corrected chi connectivity index (χ1v) is 5.92. The van der Waals surface area contributed by atoms with Crippen molar-refractivity contribution in [2.75, 3.05) is 13.1 Å². The minimum Gasteiger partial charge on any atom is -0.356 e. The van der Waals surface area contributed by atoms with Crippen molar-refractivity contribution in [1.82, 2.24) is 5.32 Å². The highest BCUT2D eigenvalue weighted by molar-refractivity contribution is 5.75. The van der Waals surface area contributed by atoms with Crippen molar-refractivity contribution >= 4 is 5.91 Å². The van der Waals surface area contributed by atoms with E-state index in [0.717, 1.165) is 32.2 Å². The molecule has 0 aromatic rings. The second kappa shape index (κ2) is 7.69.